The van der Waals surface area contributed by atoms with Crippen LogP contribution in [-0.2, 0) is 39.1 Å². The number of phenolic OH excluding ortho intramolecular Hbond substituents is 1. The molecule has 3 fully saturated rings. The topological polar surface area (TPSA) is 124 Å². The molecule has 3 aromatic rings. The fourth-order valence-electron chi connectivity index (χ4n) is 7.64. The van der Waals surface area contributed by atoms with Crippen LogP contribution in [0.1, 0.15) is 60.8 Å². The van der Waals surface area contributed by atoms with Crippen molar-refractivity contribution >= 4 is 49.8 Å². The molecule has 0 radical (unpaired) electrons. The predicted molar refractivity (Wildman–Crippen MR) is 150 cm³/mol. The standard InChI is InChI=1S/C30H31NO7S2/c32-20-5-6-30(37)22-9-17-3-4-21(27(36)26(17)29(30,12-20)7-8-31(22)13-16-1-2-16)38-24(35)11-19-15-40-28-25(19)18(14-39-28)10-23(33)34/h3-4,14-16,22,36-37H,1-2,5-13H2,(H,33,34). The van der Waals surface area contributed by atoms with Crippen LogP contribution in [-0.4, -0.2) is 62.7 Å². The van der Waals surface area contributed by atoms with Gasteiger partial charge in [0.05, 0.1) is 22.5 Å². The summed E-state index contributed by atoms with van der Waals surface area (Å²) >= 11 is 2.92. The minimum absolute atomic E-state index is 0.0277. The van der Waals surface area contributed by atoms with E-state index in [1.54, 1.807) is 6.07 Å². The lowest BCUT2D eigenvalue weighted by Crippen LogP contribution is -2.73. The van der Waals surface area contributed by atoms with Crippen LogP contribution in [0.2, 0.25) is 0 Å². The van der Waals surface area contributed by atoms with E-state index in [1.165, 1.54) is 35.5 Å². The van der Waals surface area contributed by atoms with Crippen molar-refractivity contribution in [1.29, 1.82) is 0 Å². The predicted octanol–water partition coefficient (Wildman–Crippen LogP) is 4.21. The van der Waals surface area contributed by atoms with Crippen LogP contribution < -0.4 is 4.74 Å². The molecular formula is C30H31NO7S2. The highest BCUT2D eigenvalue weighted by molar-refractivity contribution is 7.37. The van der Waals surface area contributed by atoms with Crippen LogP contribution >= 0.6 is 22.7 Å². The van der Waals surface area contributed by atoms with Crippen LogP contribution in [0.3, 0.4) is 0 Å². The van der Waals surface area contributed by atoms with Crippen molar-refractivity contribution in [3.05, 3.63) is 45.1 Å². The molecule has 8 nitrogen and oxygen atoms in total. The molecule has 2 aromatic heterocycles. The average molecular weight is 582 g/mol. The van der Waals surface area contributed by atoms with E-state index < -0.39 is 23.0 Å². The third-order valence-corrected chi connectivity index (χ3v) is 11.8. The molecule has 40 heavy (non-hydrogen) atoms. The van der Waals surface area contributed by atoms with Gasteiger partial charge in [-0.15, -0.1) is 22.7 Å². The minimum atomic E-state index is -1.14. The number of fused-ring (bicyclic) bond motifs is 2. The molecule has 1 aromatic carbocycles. The molecule has 3 aliphatic carbocycles. The number of ether oxygens (including phenoxy) is 1. The number of rotatable bonds is 7. The van der Waals surface area contributed by atoms with E-state index in [0.29, 0.717) is 48.3 Å². The highest BCUT2D eigenvalue weighted by Crippen LogP contribution is 2.60. The van der Waals surface area contributed by atoms with Gasteiger partial charge in [-0.2, -0.15) is 0 Å². The summed E-state index contributed by atoms with van der Waals surface area (Å²) < 4.78 is 6.67. The Morgan fingerprint density at radius 3 is 2.58 bits per heavy atom. The van der Waals surface area contributed by atoms with E-state index in [1.807, 2.05) is 16.8 Å². The van der Waals surface area contributed by atoms with Gasteiger partial charge in [-0.1, -0.05) is 6.07 Å². The number of ketones is 1. The molecule has 0 amide bonds. The van der Waals surface area contributed by atoms with Gasteiger partial charge < -0.3 is 20.1 Å². The summed E-state index contributed by atoms with van der Waals surface area (Å²) in [5.74, 6) is -0.868. The molecule has 10 heteroatoms. The number of carboxylic acid groups (broad SMARTS) is 1. The maximum atomic E-state index is 13.1. The lowest BCUT2D eigenvalue weighted by molar-refractivity contribution is -0.173. The average Bonchev–Trinajstić information content (AvgIpc) is 3.50. The Morgan fingerprint density at radius 2 is 1.85 bits per heavy atom. The lowest BCUT2D eigenvalue weighted by Gasteiger charge is -2.63. The third kappa shape index (κ3) is 4.02. The number of thiophene rings is 2. The smallest absolute Gasteiger partial charge is 0.315 e. The molecule has 1 aliphatic heterocycles. The fourth-order valence-corrected chi connectivity index (χ4v) is 9.81. The number of piperidine rings is 1. The highest BCUT2D eigenvalue weighted by Gasteiger charge is 2.65. The van der Waals surface area contributed by atoms with Gasteiger partial charge in [-0.3, -0.25) is 19.3 Å². The first-order valence-electron chi connectivity index (χ1n) is 13.9. The van der Waals surface area contributed by atoms with Crippen molar-refractivity contribution in [2.75, 3.05) is 13.1 Å². The maximum absolute atomic E-state index is 13.1. The normalized spacial score (nSPS) is 27.8. The zero-order valence-electron chi connectivity index (χ0n) is 22.0. The number of aromatic hydroxyl groups is 1. The summed E-state index contributed by atoms with van der Waals surface area (Å²) in [6.07, 6.45) is 4.28. The molecule has 0 spiro atoms. The van der Waals surface area contributed by atoms with Gasteiger partial charge in [0.25, 0.3) is 0 Å². The third-order valence-electron chi connectivity index (χ3n) is 9.60. The molecule has 3 unspecified atom stereocenters. The molecule has 2 saturated carbocycles. The van der Waals surface area contributed by atoms with Crippen LogP contribution in [0.5, 0.6) is 11.5 Å². The van der Waals surface area contributed by atoms with Crippen molar-refractivity contribution < 1.29 is 34.4 Å². The van der Waals surface area contributed by atoms with E-state index in [2.05, 4.69) is 4.90 Å². The number of carbonyl (C=O) groups is 3. The van der Waals surface area contributed by atoms with E-state index in [9.17, 15) is 29.7 Å². The number of aliphatic hydroxyl groups is 1. The molecule has 7 rings (SSSR count). The minimum Gasteiger partial charge on any atom is -0.504 e. The maximum Gasteiger partial charge on any atom is 0.315 e. The largest absolute Gasteiger partial charge is 0.504 e. The molecule has 3 heterocycles. The number of aliphatic carboxylic acids is 1. The van der Waals surface area contributed by atoms with E-state index in [4.69, 9.17) is 4.74 Å². The first-order chi connectivity index (χ1) is 19.2. The summed E-state index contributed by atoms with van der Waals surface area (Å²) in [5.41, 5.74) is 0.805. The Morgan fingerprint density at radius 1 is 1.10 bits per heavy atom. The number of esters is 1. The summed E-state index contributed by atoms with van der Waals surface area (Å²) in [5, 5.41) is 37.6. The van der Waals surface area contributed by atoms with Crippen molar-refractivity contribution in [3.8, 4) is 11.5 Å². The first-order valence-corrected chi connectivity index (χ1v) is 15.7. The highest BCUT2D eigenvalue weighted by atomic mass is 32.2. The second-order valence-corrected chi connectivity index (χ2v) is 14.0. The molecule has 3 atom stereocenters. The number of likely N-dealkylation sites (tertiary alicyclic amines) is 1. The van der Waals surface area contributed by atoms with Crippen LogP contribution in [0.25, 0.3) is 9.40 Å². The van der Waals surface area contributed by atoms with Gasteiger partial charge >= 0.3 is 11.9 Å². The van der Waals surface area contributed by atoms with Crippen molar-refractivity contribution in [2.24, 2.45) is 5.92 Å². The van der Waals surface area contributed by atoms with Crippen molar-refractivity contribution in [1.82, 2.24) is 4.90 Å². The number of hydrogen-bond donors (Lipinski definition) is 3. The Balaban J connectivity index is 1.20. The Bertz CT molecular complexity index is 1550. The van der Waals surface area contributed by atoms with Gasteiger partial charge in [0, 0.05) is 41.8 Å². The van der Waals surface area contributed by atoms with Gasteiger partial charge in [-0.05, 0) is 78.1 Å². The fraction of sp³-hybridized carbons (Fsp3) is 0.500. The lowest BCUT2D eigenvalue weighted by atomic mass is 9.49. The molecule has 3 N–H and O–H groups in total. The first kappa shape index (κ1) is 26.1. The number of benzene rings is 1. The number of hydrogen-bond acceptors (Lipinski definition) is 9. The van der Waals surface area contributed by atoms with Gasteiger partial charge in [0.1, 0.15) is 5.78 Å². The summed E-state index contributed by atoms with van der Waals surface area (Å²) in [6.45, 7) is 1.72. The zero-order valence-corrected chi connectivity index (χ0v) is 23.6. The second kappa shape index (κ2) is 9.37. The number of carboxylic acids is 1. The Kier molecular flexibility index (Phi) is 6.12. The monoisotopic (exact) mass is 581 g/mol. The van der Waals surface area contributed by atoms with Gasteiger partial charge in [-0.25, -0.2) is 0 Å². The number of Topliss-reactive ketones (excluding diaryl/α,β-unsaturated/α-hetero) is 1. The zero-order chi connectivity index (χ0) is 27.8. The molecule has 2 bridgehead atoms. The Hall–Kier alpha value is -2.79. The number of carbonyl (C=O) groups excluding carboxylic acids is 2. The van der Waals surface area contributed by atoms with Gasteiger partial charge in [0.15, 0.2) is 11.5 Å². The van der Waals surface area contributed by atoms with Crippen molar-refractivity contribution in [3.63, 3.8) is 0 Å². The molecule has 1 saturated heterocycles. The molecule has 210 valence electrons. The Labute approximate surface area is 239 Å². The molecule has 4 aliphatic rings. The summed E-state index contributed by atoms with van der Waals surface area (Å²) in [6, 6.07) is 3.38. The summed E-state index contributed by atoms with van der Waals surface area (Å²) in [7, 11) is 0. The molecular weight excluding hydrogens is 550 g/mol. The number of phenols is 1. The van der Waals surface area contributed by atoms with Crippen LogP contribution in [0, 0.1) is 5.92 Å². The second-order valence-electron chi connectivity index (χ2n) is 12.0. The van der Waals surface area contributed by atoms with Crippen LogP contribution in [0.15, 0.2) is 22.9 Å². The van der Waals surface area contributed by atoms with E-state index >= 15 is 0 Å². The van der Waals surface area contributed by atoms with E-state index in [0.717, 1.165) is 28.1 Å². The van der Waals surface area contributed by atoms with Crippen molar-refractivity contribution in [2.45, 2.75) is 74.8 Å². The quantitative estimate of drug-likeness (QED) is 0.280. The van der Waals surface area contributed by atoms with Gasteiger partial charge in [0.2, 0.25) is 0 Å². The summed E-state index contributed by atoms with van der Waals surface area (Å²) in [4.78, 5) is 39.6. The number of nitrogens with zero attached hydrogens (tertiary/aromatic N) is 1. The van der Waals surface area contributed by atoms with E-state index in [-0.39, 0.29) is 42.6 Å². The SMILES string of the molecule is O=C(O)Cc1csc2scc(CC(=O)Oc3ccc4c(c3O)C35CCN(CC6CC6)C(C4)C3(O)CCC(=O)C5)c12. The van der Waals surface area contributed by atoms with Crippen LogP contribution in [0.4, 0.5) is 0 Å².